The van der Waals surface area contributed by atoms with Crippen LogP contribution in [0, 0.1) is 0 Å². The monoisotopic (exact) mass is 316 g/mol. The van der Waals surface area contributed by atoms with Crippen molar-refractivity contribution in [2.45, 2.75) is 0 Å². The Kier molecular flexibility index (Phi) is 4.06. The van der Waals surface area contributed by atoms with Crippen molar-refractivity contribution in [3.8, 4) is 0 Å². The van der Waals surface area contributed by atoms with E-state index in [2.05, 4.69) is 22.0 Å². The highest BCUT2D eigenvalue weighted by atomic mass is 32.1. The van der Waals surface area contributed by atoms with Crippen LogP contribution in [0.2, 0.25) is 0 Å². The fourth-order valence-electron chi connectivity index (χ4n) is 2.45. The molecule has 0 aliphatic carbocycles. The quantitative estimate of drug-likeness (QED) is 0.923. The fourth-order valence-corrected chi connectivity index (χ4v) is 3.10. The zero-order valence-electron chi connectivity index (χ0n) is 11.9. The van der Waals surface area contributed by atoms with E-state index in [1.165, 1.54) is 5.69 Å². The van der Waals surface area contributed by atoms with E-state index in [1.54, 1.807) is 10.3 Å². The molecular formula is C15H16N4O2S. The lowest BCUT2D eigenvalue weighted by Gasteiger charge is -2.35. The number of hydrogen-bond acceptors (Lipinski definition) is 5. The average molecular weight is 316 g/mol. The Morgan fingerprint density at radius 1 is 1.09 bits per heavy atom. The second kappa shape index (κ2) is 6.15. The van der Waals surface area contributed by atoms with Crippen molar-refractivity contribution >= 4 is 28.8 Å². The molecule has 0 unspecified atom stereocenters. The molecule has 1 saturated heterocycles. The van der Waals surface area contributed by atoms with Crippen LogP contribution in [-0.4, -0.2) is 47.9 Å². The van der Waals surface area contributed by atoms with Gasteiger partial charge in [-0.2, -0.15) is 0 Å². The van der Waals surface area contributed by atoms with Gasteiger partial charge in [-0.05, 0) is 12.1 Å². The number of primary amides is 1. The molecule has 0 spiro atoms. The molecule has 6 nitrogen and oxygen atoms in total. The number of carbonyl (C=O) groups is 2. The first-order valence-corrected chi connectivity index (χ1v) is 7.88. The molecule has 114 valence electrons. The molecule has 0 bridgehead atoms. The largest absolute Gasteiger partial charge is 0.368 e. The minimum Gasteiger partial charge on any atom is -0.368 e. The summed E-state index contributed by atoms with van der Waals surface area (Å²) >= 11 is 1.10. The Morgan fingerprint density at radius 2 is 1.77 bits per heavy atom. The van der Waals surface area contributed by atoms with Crippen LogP contribution < -0.4 is 10.6 Å². The molecule has 7 heteroatoms. The van der Waals surface area contributed by atoms with Gasteiger partial charge in [-0.3, -0.25) is 9.59 Å². The number of benzene rings is 1. The van der Waals surface area contributed by atoms with E-state index in [0.29, 0.717) is 18.8 Å². The molecule has 22 heavy (non-hydrogen) atoms. The van der Waals surface area contributed by atoms with Crippen LogP contribution >= 0.6 is 11.3 Å². The average Bonchev–Trinajstić information content (AvgIpc) is 3.05. The van der Waals surface area contributed by atoms with Crippen molar-refractivity contribution in [1.29, 1.82) is 0 Å². The van der Waals surface area contributed by atoms with Crippen LogP contribution in [-0.2, 0) is 0 Å². The maximum atomic E-state index is 12.4. The van der Waals surface area contributed by atoms with Crippen LogP contribution in [0.25, 0.3) is 0 Å². The summed E-state index contributed by atoms with van der Waals surface area (Å²) in [6.45, 7) is 2.83. The van der Waals surface area contributed by atoms with Crippen molar-refractivity contribution in [2.24, 2.45) is 5.73 Å². The summed E-state index contributed by atoms with van der Waals surface area (Å²) in [6.07, 6.45) is 0. The molecule has 0 saturated carbocycles. The first-order valence-electron chi connectivity index (χ1n) is 7.00. The Labute approximate surface area is 132 Å². The van der Waals surface area contributed by atoms with Crippen molar-refractivity contribution < 1.29 is 9.59 Å². The highest BCUT2D eigenvalue weighted by Crippen LogP contribution is 2.17. The summed E-state index contributed by atoms with van der Waals surface area (Å²) in [5, 5.41) is 1.76. The third kappa shape index (κ3) is 2.94. The lowest BCUT2D eigenvalue weighted by Crippen LogP contribution is -2.48. The number of para-hydroxylation sites is 1. The summed E-state index contributed by atoms with van der Waals surface area (Å²) < 4.78 is 0. The van der Waals surface area contributed by atoms with Gasteiger partial charge in [0, 0.05) is 37.2 Å². The topological polar surface area (TPSA) is 79.5 Å². The second-order valence-corrected chi connectivity index (χ2v) is 5.88. The van der Waals surface area contributed by atoms with E-state index in [0.717, 1.165) is 24.4 Å². The molecule has 2 heterocycles. The number of amides is 2. The molecule has 2 amide bonds. The maximum Gasteiger partial charge on any atom is 0.277 e. The molecule has 2 N–H and O–H groups in total. The third-order valence-electron chi connectivity index (χ3n) is 3.62. The predicted octanol–water partition coefficient (Wildman–Crippen LogP) is 1.20. The van der Waals surface area contributed by atoms with E-state index in [-0.39, 0.29) is 10.9 Å². The summed E-state index contributed by atoms with van der Waals surface area (Å²) in [5.41, 5.74) is 6.63. The van der Waals surface area contributed by atoms with Crippen LogP contribution in [0.4, 0.5) is 5.69 Å². The SMILES string of the molecule is NC(=O)c1nc(C(=O)N2CCN(c3ccccc3)CC2)cs1. The summed E-state index contributed by atoms with van der Waals surface area (Å²) in [6, 6.07) is 10.1. The standard InChI is InChI=1S/C15H16N4O2S/c16-13(20)14-17-12(10-22-14)15(21)19-8-6-18(7-9-19)11-4-2-1-3-5-11/h1-5,10H,6-9H2,(H2,16,20). The molecule has 1 aromatic carbocycles. The van der Waals surface area contributed by atoms with Crippen molar-refractivity contribution in [3.05, 3.63) is 46.4 Å². The molecule has 2 aromatic rings. The van der Waals surface area contributed by atoms with E-state index < -0.39 is 5.91 Å². The number of hydrogen-bond donors (Lipinski definition) is 1. The molecular weight excluding hydrogens is 300 g/mol. The highest BCUT2D eigenvalue weighted by molar-refractivity contribution is 7.11. The molecule has 1 aromatic heterocycles. The molecule has 1 fully saturated rings. The molecule has 1 aliphatic rings. The number of rotatable bonds is 3. The maximum absolute atomic E-state index is 12.4. The number of thiazole rings is 1. The van der Waals surface area contributed by atoms with Gasteiger partial charge in [-0.15, -0.1) is 11.3 Å². The normalized spacial score (nSPS) is 14.9. The summed E-state index contributed by atoms with van der Waals surface area (Å²) in [7, 11) is 0. The van der Waals surface area contributed by atoms with E-state index >= 15 is 0 Å². The van der Waals surface area contributed by atoms with Crippen molar-refractivity contribution in [1.82, 2.24) is 9.88 Å². The molecule has 0 radical (unpaired) electrons. The lowest BCUT2D eigenvalue weighted by atomic mass is 10.2. The minimum absolute atomic E-state index is 0.142. The second-order valence-electron chi connectivity index (χ2n) is 5.02. The van der Waals surface area contributed by atoms with Gasteiger partial charge in [0.15, 0.2) is 5.01 Å². The molecule has 3 rings (SSSR count). The van der Waals surface area contributed by atoms with Gasteiger partial charge in [0.1, 0.15) is 5.69 Å². The smallest absolute Gasteiger partial charge is 0.277 e. The number of aromatic nitrogens is 1. The van der Waals surface area contributed by atoms with Gasteiger partial charge < -0.3 is 15.5 Å². The fraction of sp³-hybridized carbons (Fsp3) is 0.267. The van der Waals surface area contributed by atoms with Gasteiger partial charge in [0.05, 0.1) is 0 Å². The number of nitrogens with zero attached hydrogens (tertiary/aromatic N) is 3. The summed E-state index contributed by atoms with van der Waals surface area (Å²) in [4.78, 5) is 31.4. The molecule has 0 atom stereocenters. The highest BCUT2D eigenvalue weighted by Gasteiger charge is 2.24. The Balaban J connectivity index is 1.63. The van der Waals surface area contributed by atoms with Crippen molar-refractivity contribution in [2.75, 3.05) is 31.1 Å². The third-order valence-corrected chi connectivity index (χ3v) is 4.48. The first kappa shape index (κ1) is 14.5. The number of carbonyl (C=O) groups excluding carboxylic acids is 2. The zero-order chi connectivity index (χ0) is 15.5. The van der Waals surface area contributed by atoms with Crippen LogP contribution in [0.15, 0.2) is 35.7 Å². The van der Waals surface area contributed by atoms with Crippen LogP contribution in [0.3, 0.4) is 0 Å². The van der Waals surface area contributed by atoms with Crippen molar-refractivity contribution in [3.63, 3.8) is 0 Å². The minimum atomic E-state index is -0.599. The van der Waals surface area contributed by atoms with Gasteiger partial charge in [-0.25, -0.2) is 4.98 Å². The Bertz CT molecular complexity index is 678. The predicted molar refractivity (Wildman–Crippen MR) is 85.2 cm³/mol. The Morgan fingerprint density at radius 3 is 2.36 bits per heavy atom. The van der Waals surface area contributed by atoms with Crippen LogP contribution in [0.5, 0.6) is 0 Å². The molecule has 1 aliphatic heterocycles. The number of piperazine rings is 1. The van der Waals surface area contributed by atoms with Crippen LogP contribution in [0.1, 0.15) is 20.3 Å². The first-order chi connectivity index (χ1) is 10.6. The zero-order valence-corrected chi connectivity index (χ0v) is 12.8. The van der Waals surface area contributed by atoms with Gasteiger partial charge in [0.25, 0.3) is 11.8 Å². The lowest BCUT2D eigenvalue weighted by molar-refractivity contribution is 0.0741. The summed E-state index contributed by atoms with van der Waals surface area (Å²) in [5.74, 6) is -0.741. The van der Waals surface area contributed by atoms with E-state index in [9.17, 15) is 9.59 Å². The van der Waals surface area contributed by atoms with E-state index in [1.807, 2.05) is 18.2 Å². The number of nitrogens with two attached hydrogens (primary N) is 1. The van der Waals surface area contributed by atoms with Gasteiger partial charge in [0.2, 0.25) is 0 Å². The Hall–Kier alpha value is -2.41. The van der Waals surface area contributed by atoms with Gasteiger partial charge in [-0.1, -0.05) is 18.2 Å². The van der Waals surface area contributed by atoms with Gasteiger partial charge >= 0.3 is 0 Å². The van der Waals surface area contributed by atoms with E-state index in [4.69, 9.17) is 5.73 Å². The number of anilines is 1.